The van der Waals surface area contributed by atoms with Crippen LogP contribution in [0.3, 0.4) is 0 Å². The summed E-state index contributed by atoms with van der Waals surface area (Å²) in [6, 6.07) is 16.4. The third-order valence-corrected chi connectivity index (χ3v) is 22.6. The van der Waals surface area contributed by atoms with Crippen LogP contribution in [0, 0.1) is 25.7 Å². The van der Waals surface area contributed by atoms with Gasteiger partial charge in [0.1, 0.15) is 171 Å². The maximum atomic E-state index is 13.1. The predicted molar refractivity (Wildman–Crippen MR) is 435 cm³/mol. The second-order valence-corrected chi connectivity index (χ2v) is 30.2. The zero-order valence-corrected chi connectivity index (χ0v) is 74.8. The summed E-state index contributed by atoms with van der Waals surface area (Å²) in [5, 5.41) is 11.9. The average molecular weight is 1770 g/mol. The first-order chi connectivity index (χ1) is 60.4. The first-order valence-electron chi connectivity index (χ1n) is 41.4. The number of carbonyl (C=O) groups is 1. The summed E-state index contributed by atoms with van der Waals surface area (Å²) >= 11 is 0. The van der Waals surface area contributed by atoms with Crippen molar-refractivity contribution in [3.05, 3.63) is 76.9 Å². The monoisotopic (exact) mass is 1770 g/mol. The number of hydrogen-bond acceptors (Lipinski definition) is 37. The van der Waals surface area contributed by atoms with Crippen molar-refractivity contribution in [1.29, 1.82) is 0 Å². The first-order valence-corrected chi connectivity index (χ1v) is 41.4. The summed E-state index contributed by atoms with van der Waals surface area (Å²) in [6.45, 7) is 5.36. The van der Waals surface area contributed by atoms with Crippen molar-refractivity contribution in [1.82, 2.24) is 0 Å². The Labute approximate surface area is 726 Å². The molecule has 124 heavy (non-hydrogen) atoms. The minimum Gasteiger partial charge on any atom is -0.494 e. The van der Waals surface area contributed by atoms with Gasteiger partial charge in [0, 0.05) is 144 Å². The van der Waals surface area contributed by atoms with Gasteiger partial charge < -0.3 is 176 Å². The highest BCUT2D eigenvalue weighted by Crippen LogP contribution is 2.44. The van der Waals surface area contributed by atoms with E-state index < -0.39 is 184 Å². The number of aryl methyl sites for hydroxylation is 2. The van der Waals surface area contributed by atoms with Crippen LogP contribution in [-0.4, -0.2) is 409 Å². The van der Waals surface area contributed by atoms with E-state index in [9.17, 15) is 4.79 Å². The molecule has 22 fully saturated rings. The molecule has 22 aliphatic rings. The quantitative estimate of drug-likeness (QED) is 0.0607. The molecule has 12 bridgehead atoms. The Morgan fingerprint density at radius 1 is 0.339 bits per heavy atom. The van der Waals surface area contributed by atoms with E-state index in [0.29, 0.717) is 73.5 Å². The number of hydrogen-bond donors (Lipinski definition) is 2. The number of nitrogens with one attached hydrogen (secondary N) is 1. The molecule has 0 spiro atoms. The molecule has 30 atom stereocenters. The number of anilines is 1. The number of aliphatic hydroxyl groups excluding tert-OH is 1. The molecule has 0 aliphatic carbocycles. The molecule has 25 rings (SSSR count). The molecule has 0 radical (unpaired) electrons. The molecule has 38 heteroatoms. The van der Waals surface area contributed by atoms with Crippen molar-refractivity contribution in [2.24, 2.45) is 0 Å². The van der Waals surface area contributed by atoms with Crippen molar-refractivity contribution in [2.75, 3.05) is 219 Å². The third-order valence-electron chi connectivity index (χ3n) is 22.6. The second-order valence-electron chi connectivity index (χ2n) is 30.2. The Morgan fingerprint density at radius 2 is 0.653 bits per heavy atom. The summed E-state index contributed by atoms with van der Waals surface area (Å²) in [6.07, 6.45) is -31.6. The fraction of sp³-hybridized carbons (Fsp3) is 0.756. The van der Waals surface area contributed by atoms with Crippen LogP contribution in [0.15, 0.2) is 54.6 Å². The van der Waals surface area contributed by atoms with E-state index in [1.165, 1.54) is 128 Å². The lowest BCUT2D eigenvalue weighted by atomic mass is 9.94. The maximum Gasteiger partial charge on any atom is 0.224 e. The Balaban J connectivity index is 0.929. The van der Waals surface area contributed by atoms with Gasteiger partial charge in [-0.2, -0.15) is 0 Å². The minimum atomic E-state index is -1.34. The Kier molecular flexibility index (Phi) is 41.7. The molecule has 3 aromatic carbocycles. The fourth-order valence-electron chi connectivity index (χ4n) is 16.9. The van der Waals surface area contributed by atoms with Gasteiger partial charge in [0.05, 0.1) is 79.8 Å². The highest BCUT2D eigenvalue weighted by atomic mass is 16.8. The molecule has 0 unspecified atom stereocenters. The fourth-order valence-corrected chi connectivity index (χ4v) is 16.9. The van der Waals surface area contributed by atoms with Gasteiger partial charge in [-0.05, 0) is 86.0 Å². The molecule has 22 saturated heterocycles. The molecular weight excluding hydrogens is 1640 g/mol. The molecule has 0 saturated carbocycles. The molecule has 1 amide bonds. The van der Waals surface area contributed by atoms with Crippen LogP contribution in [0.25, 0.3) is 0 Å². The van der Waals surface area contributed by atoms with Gasteiger partial charge in [-0.3, -0.25) is 4.79 Å². The topological polar surface area (TPSA) is 372 Å². The van der Waals surface area contributed by atoms with Gasteiger partial charge in [-0.1, -0.05) is 11.8 Å². The van der Waals surface area contributed by atoms with Crippen molar-refractivity contribution in [2.45, 2.75) is 211 Å². The highest BCUT2D eigenvalue weighted by Gasteiger charge is 2.62. The van der Waals surface area contributed by atoms with E-state index in [0.717, 1.165) is 16.9 Å². The van der Waals surface area contributed by atoms with Crippen LogP contribution in [0.2, 0.25) is 0 Å². The van der Waals surface area contributed by atoms with E-state index in [4.69, 9.17) is 171 Å². The molecule has 22 aliphatic heterocycles. The zero-order valence-electron chi connectivity index (χ0n) is 74.8. The molecule has 22 heterocycles. The van der Waals surface area contributed by atoms with E-state index in [2.05, 4.69) is 17.2 Å². The maximum absolute atomic E-state index is 13.1. The number of ether oxygens (including phenoxy) is 35. The lowest BCUT2D eigenvalue weighted by molar-refractivity contribution is -0.409. The number of carbonyl (C=O) groups excluding carboxylic acids is 1. The predicted octanol–water partition coefficient (Wildman–Crippen LogP) is 3.38. The molecule has 702 valence electrons. The lowest BCUT2D eigenvalue weighted by Gasteiger charge is -2.53. The molecular formula is C86H131NO37. The summed E-state index contributed by atoms with van der Waals surface area (Å²) in [7, 11) is 27.1. The molecule has 2 N–H and O–H groups in total. The average Bonchev–Trinajstić information content (AvgIpc) is 0.756. The van der Waals surface area contributed by atoms with Gasteiger partial charge in [0.2, 0.25) is 5.91 Å². The molecule has 0 aromatic heterocycles. The van der Waals surface area contributed by atoms with Crippen molar-refractivity contribution < 1.29 is 176 Å². The number of aliphatic hydroxyl groups is 1. The van der Waals surface area contributed by atoms with Gasteiger partial charge in [0.25, 0.3) is 0 Å². The number of methoxy groups -OCH3 is 18. The van der Waals surface area contributed by atoms with Crippen molar-refractivity contribution in [3.8, 4) is 34.8 Å². The Hall–Kier alpha value is -5.39. The lowest BCUT2D eigenvalue weighted by Crippen LogP contribution is -2.70. The molecule has 3 aromatic rings. The number of rotatable bonds is 41. The SMILES string of the molecule is COC[C@H]1O[C@@H]2O[C@@H]3[C@@H](OC)[C@@H](OC)[C@@H](O[C@@H]4[C@@H](OC)[C@@H](OC)[C@@H](O[C@@H]5[C@@H](OC)[C@@H](OC)[C@@H](O[C@@H]6[C@@H](OC)[C@@H](OC)[C@@H](O[C@@H]7[C@@H](OC)[C@@H](OC)[C@@H](O[C@@H]1[C@@H](OC)[C@H]2OC)O[C@@H]7COC)O[C@@H]6COC)O[C@@H]5COc1ccc(C#Cc2ccc(OCCCC(=O)Nc5cc(C)c(OCCOCCOCCO)c(C)c5)cc2)cc1OC)O[C@@H]4COC)O[C@@H]3COC. The number of benzene rings is 3. The Bertz CT molecular complexity index is 3610. The summed E-state index contributed by atoms with van der Waals surface area (Å²) in [5.41, 5.74) is 3.75. The summed E-state index contributed by atoms with van der Waals surface area (Å²) in [5.74, 6) is 8.31. The van der Waals surface area contributed by atoms with Gasteiger partial charge in [-0.15, -0.1) is 0 Å². The van der Waals surface area contributed by atoms with E-state index in [1.807, 2.05) is 50.2 Å². The largest absolute Gasteiger partial charge is 0.494 e. The van der Waals surface area contributed by atoms with Gasteiger partial charge >= 0.3 is 0 Å². The zero-order chi connectivity index (χ0) is 88.9. The summed E-state index contributed by atoms with van der Waals surface area (Å²) in [4.78, 5) is 13.1. The second kappa shape index (κ2) is 51.3. The van der Waals surface area contributed by atoms with E-state index in [1.54, 1.807) is 18.2 Å². The highest BCUT2D eigenvalue weighted by molar-refractivity contribution is 5.91. The first kappa shape index (κ1) is 101. The smallest absolute Gasteiger partial charge is 0.224 e. The van der Waals surface area contributed by atoms with Crippen LogP contribution in [0.4, 0.5) is 5.69 Å². The number of amides is 1. The van der Waals surface area contributed by atoms with Crippen LogP contribution >= 0.6 is 0 Å². The minimum absolute atomic E-state index is 0.0337. The summed E-state index contributed by atoms with van der Waals surface area (Å²) < 4.78 is 226. The normalized spacial score (nSPS) is 34.7. The third kappa shape index (κ3) is 25.0. The van der Waals surface area contributed by atoms with Gasteiger partial charge in [0.15, 0.2) is 49.2 Å². The van der Waals surface area contributed by atoms with Crippen LogP contribution < -0.4 is 24.3 Å². The standard InChI is InChI=1S/C86H131NO37/c1-47-38-51(39-48(2)62(47)111-37-36-109-35-34-108-33-31-88)87-61(89)22-21-32-110-52-28-25-49(26-29-52)23-24-50-27-30-53(54(40-50)95-8)112-46-60-68-74(101-14)80(107-20)86(118-60)123-67-59(45-94-7)116-84(78(105-18)73(67)100-13)121-65-57(43-92-5)114-82(76(103-16)71(65)98-11)119-63-55(41-90-3)113-81(75(102-15)69(63)96-9)120-64-56(42-91-4)115-83(77(104-17)70(64)97-10)122-66-58(44-93-6)117-85(124-68)79(106-19)72(66)99-12/h25-30,38-40,55-60,63-86,88H,21-22,31-37,41-46H2,1-20H3,(H,87,89)/t55-,56-,57-,58-,59-,60-,63+,64+,65+,66+,67+,68+,69-,70-,71-,72-,73-,74-,75-,76-,77-,78-,79-,80-,81-,82-,83-,84-,85-,86-/m1/s1. The van der Waals surface area contributed by atoms with E-state index in [-0.39, 0.29) is 65.2 Å². The molecule has 38 nitrogen and oxygen atoms in total. The van der Waals surface area contributed by atoms with Gasteiger partial charge in [-0.25, -0.2) is 0 Å². The Morgan fingerprint density at radius 3 is 0.976 bits per heavy atom. The van der Waals surface area contributed by atoms with E-state index >= 15 is 0 Å². The van der Waals surface area contributed by atoms with Crippen molar-refractivity contribution >= 4 is 11.6 Å². The van der Waals surface area contributed by atoms with Crippen LogP contribution in [0.1, 0.15) is 35.1 Å². The van der Waals surface area contributed by atoms with Crippen LogP contribution in [0.5, 0.6) is 23.0 Å². The van der Waals surface area contributed by atoms with Crippen molar-refractivity contribution in [3.63, 3.8) is 0 Å². The van der Waals surface area contributed by atoms with Crippen LogP contribution in [-0.2, 0) is 152 Å².